The van der Waals surface area contributed by atoms with Gasteiger partial charge in [0, 0.05) is 18.7 Å². The molecule has 0 N–H and O–H groups in total. The molecule has 1 aliphatic heterocycles. The molecule has 2 unspecified atom stereocenters. The first-order valence-electron chi connectivity index (χ1n) is 6.09. The Balaban J connectivity index is 1.88. The molecule has 1 aromatic rings. The third-order valence-electron chi connectivity index (χ3n) is 3.91. The highest BCUT2D eigenvalue weighted by atomic mass is 19.1. The topological polar surface area (TPSA) is 29.0 Å². The van der Waals surface area contributed by atoms with Gasteiger partial charge in [-0.3, -0.25) is 0 Å². The molecule has 4 heteroatoms. The Morgan fingerprint density at radius 3 is 2.94 bits per heavy atom. The average molecular weight is 221 g/mol. The van der Waals surface area contributed by atoms with Crippen molar-refractivity contribution in [1.82, 2.24) is 9.97 Å². The summed E-state index contributed by atoms with van der Waals surface area (Å²) in [7, 11) is 0. The van der Waals surface area contributed by atoms with Gasteiger partial charge in [-0.25, -0.2) is 9.97 Å². The monoisotopic (exact) mass is 221 g/mol. The lowest BCUT2D eigenvalue weighted by atomic mass is 9.92. The normalized spacial score (nSPS) is 29.2. The van der Waals surface area contributed by atoms with Gasteiger partial charge in [0.2, 0.25) is 5.95 Å². The van der Waals surface area contributed by atoms with Gasteiger partial charge in [0.05, 0.1) is 0 Å². The zero-order chi connectivity index (χ0) is 11.0. The molecule has 1 aromatic heterocycles. The van der Waals surface area contributed by atoms with E-state index in [1.54, 1.807) is 0 Å². The Morgan fingerprint density at radius 1 is 1.19 bits per heavy atom. The van der Waals surface area contributed by atoms with E-state index in [1.165, 1.54) is 44.5 Å². The van der Waals surface area contributed by atoms with Gasteiger partial charge in [0.25, 0.3) is 0 Å². The van der Waals surface area contributed by atoms with E-state index in [0.717, 1.165) is 18.3 Å². The van der Waals surface area contributed by atoms with Crippen LogP contribution in [-0.4, -0.2) is 22.6 Å². The summed E-state index contributed by atoms with van der Waals surface area (Å²) in [6.07, 6.45) is 7.72. The van der Waals surface area contributed by atoms with Gasteiger partial charge in [0.15, 0.2) is 0 Å². The second kappa shape index (κ2) is 4.00. The van der Waals surface area contributed by atoms with Crippen LogP contribution in [0.5, 0.6) is 0 Å². The molecule has 2 aliphatic rings. The van der Waals surface area contributed by atoms with E-state index < -0.39 is 5.95 Å². The fourth-order valence-electron chi connectivity index (χ4n) is 3.22. The van der Waals surface area contributed by atoms with Crippen molar-refractivity contribution in [3.63, 3.8) is 0 Å². The summed E-state index contributed by atoms with van der Waals surface area (Å²) < 4.78 is 13.1. The van der Waals surface area contributed by atoms with Crippen molar-refractivity contribution in [2.45, 2.75) is 38.1 Å². The van der Waals surface area contributed by atoms with Crippen molar-refractivity contribution in [1.29, 1.82) is 0 Å². The van der Waals surface area contributed by atoms with Gasteiger partial charge in [-0.05, 0) is 31.6 Å². The van der Waals surface area contributed by atoms with E-state index in [0.29, 0.717) is 6.04 Å². The quantitative estimate of drug-likeness (QED) is 0.682. The lowest BCUT2D eigenvalue weighted by molar-refractivity contribution is 0.360. The van der Waals surface area contributed by atoms with E-state index >= 15 is 0 Å². The summed E-state index contributed by atoms with van der Waals surface area (Å²) in [6.45, 7) is 1.01. The van der Waals surface area contributed by atoms with Crippen LogP contribution in [0.4, 0.5) is 10.2 Å². The number of hydrogen-bond acceptors (Lipinski definition) is 3. The highest BCUT2D eigenvalue weighted by Gasteiger charge is 2.35. The van der Waals surface area contributed by atoms with Crippen LogP contribution in [0.25, 0.3) is 0 Å². The molecule has 1 saturated heterocycles. The number of piperidine rings is 1. The summed E-state index contributed by atoms with van der Waals surface area (Å²) in [6, 6.07) is 2.05. The number of nitrogens with zero attached hydrogens (tertiary/aromatic N) is 3. The van der Waals surface area contributed by atoms with Gasteiger partial charge < -0.3 is 4.90 Å². The van der Waals surface area contributed by atoms with E-state index in [4.69, 9.17) is 0 Å². The molecule has 3 rings (SSSR count). The molecular formula is C12H16FN3. The zero-order valence-electron chi connectivity index (χ0n) is 9.27. The average Bonchev–Trinajstić information content (AvgIpc) is 2.76. The molecule has 16 heavy (non-hydrogen) atoms. The highest BCUT2D eigenvalue weighted by molar-refractivity contribution is 5.39. The first-order chi connectivity index (χ1) is 7.84. The maximum absolute atomic E-state index is 13.1. The summed E-state index contributed by atoms with van der Waals surface area (Å²) in [5.74, 6) is 1.14. The first kappa shape index (κ1) is 10.00. The maximum Gasteiger partial charge on any atom is 0.218 e. The predicted molar refractivity (Wildman–Crippen MR) is 59.7 cm³/mol. The molecule has 2 heterocycles. The van der Waals surface area contributed by atoms with E-state index in [2.05, 4.69) is 14.9 Å². The number of halogens is 1. The number of aromatic nitrogens is 2. The summed E-state index contributed by atoms with van der Waals surface area (Å²) in [4.78, 5) is 10.00. The molecule has 0 aromatic carbocycles. The molecular weight excluding hydrogens is 205 g/mol. The van der Waals surface area contributed by atoms with E-state index in [-0.39, 0.29) is 0 Å². The van der Waals surface area contributed by atoms with Crippen molar-refractivity contribution in [3.8, 4) is 0 Å². The minimum absolute atomic E-state index is 0.426. The molecule has 3 nitrogen and oxygen atoms in total. The van der Waals surface area contributed by atoms with Crippen molar-refractivity contribution < 1.29 is 4.39 Å². The molecule has 2 fully saturated rings. The largest absolute Gasteiger partial charge is 0.353 e. The lowest BCUT2D eigenvalue weighted by Crippen LogP contribution is -2.43. The highest BCUT2D eigenvalue weighted by Crippen LogP contribution is 2.38. The van der Waals surface area contributed by atoms with Crippen molar-refractivity contribution in [3.05, 3.63) is 18.3 Å². The third-order valence-corrected chi connectivity index (χ3v) is 3.91. The van der Waals surface area contributed by atoms with Gasteiger partial charge in [0.1, 0.15) is 12.1 Å². The van der Waals surface area contributed by atoms with Crippen LogP contribution < -0.4 is 4.90 Å². The molecule has 0 radical (unpaired) electrons. The number of hydrogen-bond donors (Lipinski definition) is 0. The Morgan fingerprint density at radius 2 is 2.06 bits per heavy atom. The third kappa shape index (κ3) is 1.66. The van der Waals surface area contributed by atoms with Crippen LogP contribution in [0.15, 0.2) is 12.4 Å². The van der Waals surface area contributed by atoms with Crippen LogP contribution in [0.3, 0.4) is 0 Å². The van der Waals surface area contributed by atoms with Crippen molar-refractivity contribution in [2.24, 2.45) is 5.92 Å². The Kier molecular flexibility index (Phi) is 2.50. The van der Waals surface area contributed by atoms with Gasteiger partial charge in [-0.1, -0.05) is 6.42 Å². The van der Waals surface area contributed by atoms with Gasteiger partial charge in [-0.15, -0.1) is 0 Å². The summed E-state index contributed by atoms with van der Waals surface area (Å²) >= 11 is 0. The van der Waals surface area contributed by atoms with Crippen LogP contribution in [-0.2, 0) is 0 Å². The van der Waals surface area contributed by atoms with E-state index in [9.17, 15) is 4.39 Å². The summed E-state index contributed by atoms with van der Waals surface area (Å²) in [5.41, 5.74) is 0. The molecule has 0 amide bonds. The standard InChI is InChI=1S/C12H16FN3/c13-11-7-12(15-8-14-11)16-6-2-4-9-3-1-5-10(9)16/h7-10H,1-6H2. The Bertz CT molecular complexity index is 382. The van der Waals surface area contributed by atoms with Crippen molar-refractivity contribution >= 4 is 5.82 Å². The van der Waals surface area contributed by atoms with Crippen molar-refractivity contribution in [2.75, 3.05) is 11.4 Å². The minimum Gasteiger partial charge on any atom is -0.353 e. The number of anilines is 1. The predicted octanol–water partition coefficient (Wildman–Crippen LogP) is 2.38. The van der Waals surface area contributed by atoms with Crippen LogP contribution in [0.2, 0.25) is 0 Å². The SMILES string of the molecule is Fc1cc(N2CCCC3CCCC32)ncn1. The minimum atomic E-state index is -0.426. The van der Waals surface area contributed by atoms with Crippen LogP contribution in [0, 0.1) is 11.9 Å². The lowest BCUT2D eigenvalue weighted by Gasteiger charge is -2.38. The molecule has 86 valence electrons. The molecule has 0 bridgehead atoms. The maximum atomic E-state index is 13.1. The fraction of sp³-hybridized carbons (Fsp3) is 0.667. The Labute approximate surface area is 94.7 Å². The smallest absolute Gasteiger partial charge is 0.218 e. The second-order valence-corrected chi connectivity index (χ2v) is 4.79. The molecule has 2 atom stereocenters. The number of rotatable bonds is 1. The van der Waals surface area contributed by atoms with Crippen LogP contribution in [0.1, 0.15) is 32.1 Å². The van der Waals surface area contributed by atoms with Gasteiger partial charge in [-0.2, -0.15) is 4.39 Å². The molecule has 0 spiro atoms. The van der Waals surface area contributed by atoms with E-state index in [1.807, 2.05) is 0 Å². The fourth-order valence-corrected chi connectivity index (χ4v) is 3.22. The number of fused-ring (bicyclic) bond motifs is 1. The van der Waals surface area contributed by atoms with Gasteiger partial charge >= 0.3 is 0 Å². The zero-order valence-corrected chi connectivity index (χ0v) is 9.27. The first-order valence-corrected chi connectivity index (χ1v) is 6.09. The molecule has 1 saturated carbocycles. The molecule has 1 aliphatic carbocycles. The Hall–Kier alpha value is -1.19. The second-order valence-electron chi connectivity index (χ2n) is 4.79. The van der Waals surface area contributed by atoms with Crippen LogP contribution >= 0.6 is 0 Å². The summed E-state index contributed by atoms with van der Waals surface area (Å²) in [5, 5.41) is 0.